The molecule has 2 N–H and O–H groups in total. The number of hydrogen-bond acceptors (Lipinski definition) is 2. The van der Waals surface area contributed by atoms with Gasteiger partial charge in [0.25, 0.3) is 0 Å². The second-order valence-corrected chi connectivity index (χ2v) is 3.08. The van der Waals surface area contributed by atoms with Gasteiger partial charge < -0.3 is 10.2 Å². The normalized spacial score (nSPS) is 15.2. The molecule has 2 unspecified atom stereocenters. The lowest BCUT2D eigenvalue weighted by Gasteiger charge is -2.11. The summed E-state index contributed by atoms with van der Waals surface area (Å²) in [6, 6.07) is 0. The van der Waals surface area contributed by atoms with E-state index in [-0.39, 0.29) is 6.10 Å². The van der Waals surface area contributed by atoms with Crippen molar-refractivity contribution in [1.29, 1.82) is 0 Å². The summed E-state index contributed by atoms with van der Waals surface area (Å²) in [7, 11) is 0. The quantitative estimate of drug-likeness (QED) is 0.590. The molecule has 0 radical (unpaired) electrons. The fourth-order valence-corrected chi connectivity index (χ4v) is 1.10. The molecule has 0 rings (SSSR count). The number of hydrogen-bond donors (Lipinski definition) is 2. The molecular weight excluding hydrogens is 152 g/mol. The van der Waals surface area contributed by atoms with Crippen LogP contribution in [0.25, 0.3) is 0 Å². The topological polar surface area (TPSA) is 40.5 Å². The third-order valence-corrected chi connectivity index (χ3v) is 1.81. The molecule has 0 spiro atoms. The number of rotatable bonds is 6. The van der Waals surface area contributed by atoms with E-state index in [1.54, 1.807) is 0 Å². The monoisotopic (exact) mass is 170 g/mol. The van der Waals surface area contributed by atoms with Crippen LogP contribution in [0.3, 0.4) is 0 Å². The number of aliphatic hydroxyl groups is 2. The second kappa shape index (κ2) is 7.15. The van der Waals surface area contributed by atoms with Crippen LogP contribution >= 0.6 is 0 Å². The van der Waals surface area contributed by atoms with Gasteiger partial charge in [0.05, 0.1) is 12.2 Å². The highest BCUT2D eigenvalue weighted by Crippen LogP contribution is 2.08. The largest absolute Gasteiger partial charge is 0.393 e. The zero-order chi connectivity index (χ0) is 9.40. The summed E-state index contributed by atoms with van der Waals surface area (Å²) >= 11 is 0. The molecule has 0 aromatic rings. The molecular formula is C10H18O2. The van der Waals surface area contributed by atoms with Gasteiger partial charge in [0.2, 0.25) is 0 Å². The fraction of sp³-hybridized carbons (Fsp3) is 0.800. The van der Waals surface area contributed by atoms with Crippen molar-refractivity contribution in [2.24, 2.45) is 0 Å². The molecule has 0 bridgehead atoms. The summed E-state index contributed by atoms with van der Waals surface area (Å²) in [4.78, 5) is 0. The summed E-state index contributed by atoms with van der Waals surface area (Å²) < 4.78 is 0. The van der Waals surface area contributed by atoms with Gasteiger partial charge in [0.15, 0.2) is 0 Å². The fourth-order valence-electron chi connectivity index (χ4n) is 1.10. The Kier molecular flexibility index (Phi) is 6.84. The standard InChI is InChI=1S/C10H18O2/c1-3-5-9(11)7-8-10(12)6-4-2/h1,9-12H,4-8H2,2H3. The van der Waals surface area contributed by atoms with Crippen LogP contribution in [-0.4, -0.2) is 22.4 Å². The Morgan fingerprint density at radius 1 is 1.17 bits per heavy atom. The van der Waals surface area contributed by atoms with Gasteiger partial charge in [0.1, 0.15) is 0 Å². The van der Waals surface area contributed by atoms with Gasteiger partial charge >= 0.3 is 0 Å². The zero-order valence-electron chi connectivity index (χ0n) is 7.66. The summed E-state index contributed by atoms with van der Waals surface area (Å²) in [6.07, 6.45) is 7.73. The predicted molar refractivity (Wildman–Crippen MR) is 49.6 cm³/mol. The molecule has 0 aromatic heterocycles. The summed E-state index contributed by atoms with van der Waals surface area (Å²) in [5, 5.41) is 18.5. The Labute approximate surface area is 74.6 Å². The molecule has 0 aliphatic carbocycles. The van der Waals surface area contributed by atoms with Gasteiger partial charge in [-0.1, -0.05) is 13.3 Å². The molecule has 2 nitrogen and oxygen atoms in total. The molecule has 2 atom stereocenters. The van der Waals surface area contributed by atoms with Crippen molar-refractivity contribution in [3.05, 3.63) is 0 Å². The molecule has 2 heteroatoms. The van der Waals surface area contributed by atoms with Crippen molar-refractivity contribution in [2.75, 3.05) is 0 Å². The van der Waals surface area contributed by atoms with Crippen LogP contribution in [0.1, 0.15) is 39.0 Å². The first kappa shape index (κ1) is 11.5. The zero-order valence-corrected chi connectivity index (χ0v) is 7.66. The Hall–Kier alpha value is -0.520. The molecule has 0 fully saturated rings. The Morgan fingerprint density at radius 2 is 1.75 bits per heavy atom. The van der Waals surface area contributed by atoms with Gasteiger partial charge in [-0.2, -0.15) is 0 Å². The molecule has 0 aliphatic rings. The molecule has 0 aliphatic heterocycles. The van der Waals surface area contributed by atoms with Gasteiger partial charge in [-0.3, -0.25) is 0 Å². The van der Waals surface area contributed by atoms with Crippen molar-refractivity contribution in [3.8, 4) is 12.3 Å². The van der Waals surface area contributed by atoms with Crippen molar-refractivity contribution in [1.82, 2.24) is 0 Å². The van der Waals surface area contributed by atoms with Gasteiger partial charge in [-0.05, 0) is 19.3 Å². The van der Waals surface area contributed by atoms with Crippen molar-refractivity contribution >= 4 is 0 Å². The lowest BCUT2D eigenvalue weighted by atomic mass is 10.1. The minimum atomic E-state index is -0.443. The van der Waals surface area contributed by atoms with Crippen LogP contribution in [0.2, 0.25) is 0 Å². The second-order valence-electron chi connectivity index (χ2n) is 3.08. The minimum Gasteiger partial charge on any atom is -0.393 e. The molecule has 0 saturated heterocycles. The van der Waals surface area contributed by atoms with Crippen molar-refractivity contribution in [3.63, 3.8) is 0 Å². The average Bonchev–Trinajstić information content (AvgIpc) is 2.02. The highest BCUT2D eigenvalue weighted by molar-refractivity contribution is 4.86. The first-order chi connectivity index (χ1) is 5.70. The average molecular weight is 170 g/mol. The highest BCUT2D eigenvalue weighted by Gasteiger charge is 2.06. The van der Waals surface area contributed by atoms with Crippen LogP contribution < -0.4 is 0 Å². The van der Waals surface area contributed by atoms with Crippen LogP contribution in [0.15, 0.2) is 0 Å². The first-order valence-corrected chi connectivity index (χ1v) is 4.50. The summed E-state index contributed by atoms with van der Waals surface area (Å²) in [5.41, 5.74) is 0. The van der Waals surface area contributed by atoms with E-state index in [2.05, 4.69) is 5.92 Å². The van der Waals surface area contributed by atoms with Crippen LogP contribution in [0.4, 0.5) is 0 Å². The van der Waals surface area contributed by atoms with E-state index in [0.717, 1.165) is 12.8 Å². The Bertz CT molecular complexity index is 137. The smallest absolute Gasteiger partial charge is 0.0650 e. The van der Waals surface area contributed by atoms with E-state index in [1.807, 2.05) is 6.92 Å². The lowest BCUT2D eigenvalue weighted by molar-refractivity contribution is 0.110. The molecule has 0 heterocycles. The SMILES string of the molecule is C#CCC(O)CCC(O)CCC. The maximum atomic E-state index is 9.30. The predicted octanol–water partition coefficient (Wildman–Crippen LogP) is 1.31. The van der Waals surface area contributed by atoms with E-state index in [9.17, 15) is 10.2 Å². The first-order valence-electron chi connectivity index (χ1n) is 4.50. The van der Waals surface area contributed by atoms with Crippen LogP contribution in [0, 0.1) is 12.3 Å². The van der Waals surface area contributed by atoms with Gasteiger partial charge in [-0.15, -0.1) is 12.3 Å². The Morgan fingerprint density at radius 3 is 2.25 bits per heavy atom. The maximum absolute atomic E-state index is 9.30. The summed E-state index contributed by atoms with van der Waals surface area (Å²) in [6.45, 7) is 2.03. The summed E-state index contributed by atoms with van der Waals surface area (Å²) in [5.74, 6) is 2.39. The molecule has 0 amide bonds. The van der Waals surface area contributed by atoms with Gasteiger partial charge in [-0.25, -0.2) is 0 Å². The van der Waals surface area contributed by atoms with Crippen molar-refractivity contribution < 1.29 is 10.2 Å². The third-order valence-electron chi connectivity index (χ3n) is 1.81. The van der Waals surface area contributed by atoms with E-state index >= 15 is 0 Å². The molecule has 0 saturated carbocycles. The lowest BCUT2D eigenvalue weighted by Crippen LogP contribution is -2.12. The van der Waals surface area contributed by atoms with Crippen molar-refractivity contribution in [2.45, 2.75) is 51.2 Å². The van der Waals surface area contributed by atoms with E-state index in [4.69, 9.17) is 6.42 Å². The number of terminal acetylenes is 1. The van der Waals surface area contributed by atoms with Gasteiger partial charge in [0, 0.05) is 6.42 Å². The minimum absolute atomic E-state index is 0.276. The number of aliphatic hydroxyl groups excluding tert-OH is 2. The van der Waals surface area contributed by atoms with Crippen LogP contribution in [0.5, 0.6) is 0 Å². The van der Waals surface area contributed by atoms with E-state index < -0.39 is 6.10 Å². The van der Waals surface area contributed by atoms with Crippen LogP contribution in [-0.2, 0) is 0 Å². The highest BCUT2D eigenvalue weighted by atomic mass is 16.3. The Balaban J connectivity index is 3.34. The molecule has 70 valence electrons. The molecule has 12 heavy (non-hydrogen) atoms. The third kappa shape index (κ3) is 6.21. The van der Waals surface area contributed by atoms with E-state index in [0.29, 0.717) is 19.3 Å². The molecule has 0 aromatic carbocycles. The van der Waals surface area contributed by atoms with E-state index in [1.165, 1.54) is 0 Å². The maximum Gasteiger partial charge on any atom is 0.0650 e.